The third-order valence-corrected chi connectivity index (χ3v) is 5.51. The Balaban J connectivity index is 1.70. The maximum Gasteiger partial charge on any atom is 0.260 e. The summed E-state index contributed by atoms with van der Waals surface area (Å²) >= 11 is 4.94. The molecule has 1 heterocycles. The topological polar surface area (TPSA) is 50.4 Å². The molecule has 1 aliphatic heterocycles. The lowest BCUT2D eigenvalue weighted by Crippen LogP contribution is -2.30. The molecular weight excluding hydrogens is 400 g/mol. The van der Waals surface area contributed by atoms with Crippen molar-refractivity contribution in [3.8, 4) is 5.75 Å². The Morgan fingerprint density at radius 2 is 2.04 bits per heavy atom. The molecule has 1 amide bonds. The average molecular weight is 419 g/mol. The van der Waals surface area contributed by atoms with E-state index < -0.39 is 0 Å². The molecule has 25 heavy (non-hydrogen) atoms. The van der Waals surface area contributed by atoms with Crippen LogP contribution in [0.3, 0.4) is 0 Å². The van der Waals surface area contributed by atoms with E-state index in [4.69, 9.17) is 4.74 Å². The first-order valence-electron chi connectivity index (χ1n) is 7.97. The van der Waals surface area contributed by atoms with Gasteiger partial charge in [-0.05, 0) is 63.8 Å². The Bertz CT molecular complexity index is 806. The molecule has 1 atom stereocenters. The van der Waals surface area contributed by atoms with Crippen LogP contribution in [-0.2, 0) is 11.2 Å². The van der Waals surface area contributed by atoms with E-state index in [2.05, 4.69) is 45.6 Å². The Morgan fingerprint density at radius 3 is 2.68 bits per heavy atom. The number of carbonyl (C=O) groups excluding carboxylic acids is 1. The number of halogens is 1. The highest BCUT2D eigenvalue weighted by atomic mass is 79.9. The van der Waals surface area contributed by atoms with E-state index in [1.165, 1.54) is 17.3 Å². The Morgan fingerprint density at radius 1 is 1.28 bits per heavy atom. The van der Waals surface area contributed by atoms with Crippen molar-refractivity contribution in [2.75, 3.05) is 12.4 Å². The number of carbonyl (C=O) groups is 1. The largest absolute Gasteiger partial charge is 0.496 e. The molecule has 0 saturated carbocycles. The third-order valence-electron chi connectivity index (χ3n) is 3.86. The van der Waals surface area contributed by atoms with Crippen LogP contribution in [0.1, 0.15) is 18.1 Å². The van der Waals surface area contributed by atoms with Crippen molar-refractivity contribution >= 4 is 45.4 Å². The van der Waals surface area contributed by atoms with Crippen LogP contribution in [-0.4, -0.2) is 18.5 Å². The number of amides is 1. The van der Waals surface area contributed by atoms with Crippen molar-refractivity contribution < 1.29 is 9.53 Å². The summed E-state index contributed by atoms with van der Waals surface area (Å²) in [6.45, 7) is 2.13. The summed E-state index contributed by atoms with van der Waals surface area (Å²) in [6.07, 6.45) is 2.89. The number of nitrogens with one attached hydrogen (secondary N) is 2. The second kappa shape index (κ2) is 7.97. The quantitative estimate of drug-likeness (QED) is 0.695. The minimum Gasteiger partial charge on any atom is -0.496 e. The molecule has 0 bridgehead atoms. The first-order chi connectivity index (χ1) is 12.1. The van der Waals surface area contributed by atoms with Crippen molar-refractivity contribution in [2.24, 2.45) is 0 Å². The van der Waals surface area contributed by atoms with Crippen LogP contribution in [0, 0.1) is 0 Å². The summed E-state index contributed by atoms with van der Waals surface area (Å²) in [6, 6.07) is 14.0. The first kappa shape index (κ1) is 17.9. The van der Waals surface area contributed by atoms with Crippen molar-refractivity contribution in [1.82, 2.24) is 5.32 Å². The zero-order valence-electron chi connectivity index (χ0n) is 14.0. The maximum atomic E-state index is 12.2. The van der Waals surface area contributed by atoms with Crippen LogP contribution >= 0.6 is 27.7 Å². The minimum absolute atomic E-state index is 0.0698. The fraction of sp³-hybridized carbons (Fsp3) is 0.211. The Hall–Kier alpha value is -1.92. The number of ether oxygens (including phenoxy) is 1. The zero-order chi connectivity index (χ0) is 17.8. The number of methoxy groups -OCH3 is 1. The molecule has 6 heteroatoms. The van der Waals surface area contributed by atoms with E-state index in [0.717, 1.165) is 27.9 Å². The summed E-state index contributed by atoms with van der Waals surface area (Å²) in [4.78, 5) is 12.9. The summed E-state index contributed by atoms with van der Waals surface area (Å²) in [5.41, 5.74) is 3.05. The molecular formula is C19H19BrN2O2S. The molecule has 3 rings (SSSR count). The number of aryl methyl sites for hydroxylation is 1. The predicted molar refractivity (Wildman–Crippen MR) is 108 cm³/mol. The predicted octanol–water partition coefficient (Wildman–Crippen LogP) is 4.62. The van der Waals surface area contributed by atoms with Crippen LogP contribution in [0.25, 0.3) is 6.08 Å². The molecule has 1 fully saturated rings. The molecule has 0 aromatic heterocycles. The molecule has 1 aliphatic rings. The van der Waals surface area contributed by atoms with Gasteiger partial charge in [0.1, 0.15) is 5.75 Å². The molecule has 2 N–H and O–H groups in total. The van der Waals surface area contributed by atoms with Crippen molar-refractivity contribution in [1.29, 1.82) is 0 Å². The van der Waals surface area contributed by atoms with Gasteiger partial charge in [-0.25, -0.2) is 0 Å². The monoisotopic (exact) mass is 418 g/mol. The van der Waals surface area contributed by atoms with Gasteiger partial charge in [0.15, 0.2) is 5.50 Å². The van der Waals surface area contributed by atoms with Gasteiger partial charge in [0.2, 0.25) is 0 Å². The van der Waals surface area contributed by atoms with Crippen molar-refractivity contribution in [3.05, 3.63) is 63.0 Å². The summed E-state index contributed by atoms with van der Waals surface area (Å²) in [7, 11) is 1.63. The second-order valence-electron chi connectivity index (χ2n) is 5.57. The van der Waals surface area contributed by atoms with Gasteiger partial charge in [0, 0.05) is 5.69 Å². The molecule has 2 aromatic rings. The molecule has 4 nitrogen and oxygen atoms in total. The van der Waals surface area contributed by atoms with Gasteiger partial charge in [-0.15, -0.1) is 0 Å². The number of benzene rings is 2. The standard InChI is InChI=1S/C19H19BrN2O2S/c1-3-12-4-7-14(8-5-12)21-19-22-18(23)17(25-19)11-13-6-9-16(24-2)15(20)10-13/h4-11,19,21H,3H2,1-2H3,(H,22,23)/b17-11-/t19-/m1/s1. The number of thioether (sulfide) groups is 1. The van der Waals surface area contributed by atoms with E-state index in [9.17, 15) is 4.79 Å². The molecule has 0 unspecified atom stereocenters. The molecule has 1 saturated heterocycles. The lowest BCUT2D eigenvalue weighted by molar-refractivity contribution is -0.116. The van der Waals surface area contributed by atoms with E-state index >= 15 is 0 Å². The minimum atomic E-state index is -0.173. The van der Waals surface area contributed by atoms with Gasteiger partial charge in [0.05, 0.1) is 16.5 Å². The van der Waals surface area contributed by atoms with Crippen LogP contribution in [0.4, 0.5) is 5.69 Å². The van der Waals surface area contributed by atoms with Gasteiger partial charge in [-0.3, -0.25) is 4.79 Å². The molecule has 130 valence electrons. The first-order valence-corrected chi connectivity index (χ1v) is 9.64. The summed E-state index contributed by atoms with van der Waals surface area (Å²) in [5, 5.41) is 6.28. The van der Waals surface area contributed by atoms with Gasteiger partial charge in [0.25, 0.3) is 5.91 Å². The highest BCUT2D eigenvalue weighted by Gasteiger charge is 2.27. The molecule has 0 radical (unpaired) electrons. The second-order valence-corrected chi connectivity index (χ2v) is 7.57. The smallest absolute Gasteiger partial charge is 0.260 e. The Kier molecular flexibility index (Phi) is 5.71. The number of rotatable bonds is 5. The van der Waals surface area contributed by atoms with Crippen LogP contribution in [0.5, 0.6) is 5.75 Å². The van der Waals surface area contributed by atoms with Crippen LogP contribution in [0.2, 0.25) is 0 Å². The molecule has 2 aromatic carbocycles. The number of hydrogen-bond donors (Lipinski definition) is 2. The highest BCUT2D eigenvalue weighted by Crippen LogP contribution is 2.32. The number of anilines is 1. The summed E-state index contributed by atoms with van der Waals surface area (Å²) < 4.78 is 6.09. The third kappa shape index (κ3) is 4.38. The normalized spacial score (nSPS) is 18.3. The van der Waals surface area contributed by atoms with Gasteiger partial charge in [-0.1, -0.05) is 36.9 Å². The van der Waals surface area contributed by atoms with Crippen molar-refractivity contribution in [3.63, 3.8) is 0 Å². The molecule has 0 aliphatic carbocycles. The molecule has 0 spiro atoms. The van der Waals surface area contributed by atoms with E-state index in [1.54, 1.807) is 7.11 Å². The van der Waals surface area contributed by atoms with Crippen LogP contribution in [0.15, 0.2) is 51.8 Å². The van der Waals surface area contributed by atoms with E-state index in [-0.39, 0.29) is 11.4 Å². The lowest BCUT2D eigenvalue weighted by Gasteiger charge is -2.12. The van der Waals surface area contributed by atoms with E-state index in [0.29, 0.717) is 4.91 Å². The SMILES string of the molecule is CCc1ccc(N[C@@H]2NC(=O)/C(=C/c3ccc(OC)c(Br)c3)S2)cc1. The fourth-order valence-electron chi connectivity index (χ4n) is 2.48. The van der Waals surface area contributed by atoms with Gasteiger partial charge < -0.3 is 15.4 Å². The maximum absolute atomic E-state index is 12.2. The Labute approximate surface area is 160 Å². The van der Waals surface area contributed by atoms with E-state index in [1.807, 2.05) is 36.4 Å². The van der Waals surface area contributed by atoms with Crippen LogP contribution < -0.4 is 15.4 Å². The van der Waals surface area contributed by atoms with Gasteiger partial charge >= 0.3 is 0 Å². The average Bonchev–Trinajstić information content (AvgIpc) is 2.95. The fourth-order valence-corrected chi connectivity index (χ4v) is 4.02. The zero-order valence-corrected chi connectivity index (χ0v) is 16.4. The van der Waals surface area contributed by atoms with Crippen molar-refractivity contribution in [2.45, 2.75) is 18.8 Å². The highest BCUT2D eigenvalue weighted by molar-refractivity contribution is 9.10. The number of hydrogen-bond acceptors (Lipinski definition) is 4. The van der Waals surface area contributed by atoms with Gasteiger partial charge in [-0.2, -0.15) is 0 Å². The lowest BCUT2D eigenvalue weighted by atomic mass is 10.1. The summed E-state index contributed by atoms with van der Waals surface area (Å²) in [5.74, 6) is 0.695.